The first-order chi connectivity index (χ1) is 45.7. The van der Waals surface area contributed by atoms with Gasteiger partial charge in [0, 0.05) is 25.7 Å². The third kappa shape index (κ3) is 70.3. The summed E-state index contributed by atoms with van der Waals surface area (Å²) >= 11 is 0. The van der Waals surface area contributed by atoms with Crippen LogP contribution >= 0.6 is 15.6 Å². The lowest BCUT2D eigenvalue weighted by atomic mass is 10.0. The van der Waals surface area contributed by atoms with Gasteiger partial charge in [-0.15, -0.1) is 0 Å². The van der Waals surface area contributed by atoms with Crippen molar-refractivity contribution in [3.63, 3.8) is 0 Å². The van der Waals surface area contributed by atoms with Crippen molar-refractivity contribution in [2.24, 2.45) is 17.8 Å². The average Bonchev–Trinajstić information content (AvgIpc) is 1.80. The Hall–Kier alpha value is -1.94. The van der Waals surface area contributed by atoms with Gasteiger partial charge >= 0.3 is 39.5 Å². The van der Waals surface area contributed by atoms with Crippen LogP contribution in [0.5, 0.6) is 0 Å². The minimum absolute atomic E-state index is 0.106. The fourth-order valence-corrected chi connectivity index (χ4v) is 13.2. The molecule has 0 fully saturated rings. The van der Waals surface area contributed by atoms with E-state index in [1.165, 1.54) is 193 Å². The molecule has 5 atom stereocenters. The number of hydrogen-bond donors (Lipinski definition) is 3. The highest BCUT2D eigenvalue weighted by Gasteiger charge is 2.30. The number of phosphoric acid groups is 2. The molecule has 3 N–H and O–H groups in total. The Morgan fingerprint density at radius 1 is 0.284 bits per heavy atom. The van der Waals surface area contributed by atoms with Crippen molar-refractivity contribution < 1.29 is 80.2 Å². The van der Waals surface area contributed by atoms with Crippen molar-refractivity contribution in [3.8, 4) is 0 Å². The van der Waals surface area contributed by atoms with Crippen molar-refractivity contribution in [3.05, 3.63) is 0 Å². The summed E-state index contributed by atoms with van der Waals surface area (Å²) in [6, 6.07) is 0. The largest absolute Gasteiger partial charge is 0.472 e. The molecule has 0 rings (SSSR count). The van der Waals surface area contributed by atoms with Crippen molar-refractivity contribution >= 4 is 39.5 Å². The normalized spacial score (nSPS) is 14.1. The van der Waals surface area contributed by atoms with E-state index >= 15 is 0 Å². The van der Waals surface area contributed by atoms with Gasteiger partial charge in [0.2, 0.25) is 0 Å². The van der Waals surface area contributed by atoms with Gasteiger partial charge in [-0.3, -0.25) is 37.3 Å². The summed E-state index contributed by atoms with van der Waals surface area (Å²) in [4.78, 5) is 72.7. The molecule has 0 aliphatic carbocycles. The fraction of sp³-hybridized carbons (Fsp3) is 0.947. The Bertz CT molecular complexity index is 1850. The SMILES string of the molecule is CCCCCCCCCCCCCC(=O)O[C@H](COC(=O)CCCCCCCCC(C)C)COP(=O)(O)OC[C@H](O)COP(=O)(O)OC[C@@H](COC(=O)CCCCCCCCCCCCCCCC(C)C)OC(=O)CCCCCCCCCCCCCCCCCCC(C)C. The molecule has 0 radical (unpaired) electrons. The molecule has 2 unspecified atom stereocenters. The van der Waals surface area contributed by atoms with Crippen LogP contribution < -0.4 is 0 Å². The standard InChI is InChI=1S/C76H148O17P2/c1-8-9-10-11-12-13-23-31-36-45-52-59-75(80)93-72(64-87-74(79)58-51-44-39-38-42-49-56-69(6)7)66-91-95(84,85)89-62-70(77)61-88-94(82,83)90-65-71(63-86-73(78)57-50-43-35-30-26-22-18-20-25-29-34-41-48-55-68(4)5)92-76(81)60-53-46-37-32-27-21-17-15-14-16-19-24-28-33-40-47-54-67(2)3/h67-72,77H,8-66H2,1-7H3,(H,82,83)(H,84,85)/t70-,71-,72-/m1/s1. The van der Waals surface area contributed by atoms with E-state index in [4.69, 9.17) is 37.0 Å². The van der Waals surface area contributed by atoms with Crippen LogP contribution in [0.25, 0.3) is 0 Å². The van der Waals surface area contributed by atoms with Crippen molar-refractivity contribution in [1.82, 2.24) is 0 Å². The van der Waals surface area contributed by atoms with Gasteiger partial charge in [0.25, 0.3) is 0 Å². The second-order valence-corrected chi connectivity index (χ2v) is 31.7. The molecule has 0 heterocycles. The lowest BCUT2D eigenvalue weighted by molar-refractivity contribution is -0.161. The maximum Gasteiger partial charge on any atom is 0.472 e. The first-order valence-corrected chi connectivity index (χ1v) is 42.3. The molecule has 0 amide bonds. The predicted molar refractivity (Wildman–Crippen MR) is 386 cm³/mol. The third-order valence-corrected chi connectivity index (χ3v) is 19.5. The van der Waals surface area contributed by atoms with E-state index in [9.17, 15) is 43.2 Å². The number of rotatable bonds is 74. The van der Waals surface area contributed by atoms with E-state index in [1.807, 2.05) is 0 Å². The molecule has 0 saturated heterocycles. The summed E-state index contributed by atoms with van der Waals surface area (Å²) < 4.78 is 68.5. The second-order valence-electron chi connectivity index (χ2n) is 28.8. The smallest absolute Gasteiger partial charge is 0.462 e. The first-order valence-electron chi connectivity index (χ1n) is 39.3. The number of ether oxygens (including phenoxy) is 4. The molecule has 19 heteroatoms. The van der Waals surface area contributed by atoms with E-state index in [0.717, 1.165) is 108 Å². The molecule has 0 aromatic rings. The quantitative estimate of drug-likeness (QED) is 0.0222. The van der Waals surface area contributed by atoms with E-state index in [0.29, 0.717) is 31.6 Å². The van der Waals surface area contributed by atoms with Crippen LogP contribution in [-0.4, -0.2) is 96.7 Å². The molecule has 0 aliphatic heterocycles. The lowest BCUT2D eigenvalue weighted by Gasteiger charge is -2.21. The van der Waals surface area contributed by atoms with Gasteiger partial charge < -0.3 is 33.8 Å². The van der Waals surface area contributed by atoms with Gasteiger partial charge in [0.1, 0.15) is 19.3 Å². The number of phosphoric ester groups is 2. The zero-order valence-electron chi connectivity index (χ0n) is 62.1. The highest BCUT2D eigenvalue weighted by atomic mass is 31.2. The van der Waals surface area contributed by atoms with Crippen LogP contribution in [0, 0.1) is 17.8 Å². The van der Waals surface area contributed by atoms with Crippen LogP contribution in [0.4, 0.5) is 0 Å². The lowest BCUT2D eigenvalue weighted by Crippen LogP contribution is -2.30. The zero-order chi connectivity index (χ0) is 70.1. The van der Waals surface area contributed by atoms with Crippen LogP contribution in [0.2, 0.25) is 0 Å². The number of hydrogen-bond acceptors (Lipinski definition) is 15. The van der Waals surface area contributed by atoms with Crippen LogP contribution in [0.1, 0.15) is 389 Å². The number of esters is 4. The number of unbranched alkanes of at least 4 members (excludes halogenated alkanes) is 42. The summed E-state index contributed by atoms with van der Waals surface area (Å²) in [6.07, 6.45) is 52.9. The topological polar surface area (TPSA) is 237 Å². The Kier molecular flexibility index (Phi) is 65.2. The van der Waals surface area contributed by atoms with E-state index in [2.05, 4.69) is 48.5 Å². The summed E-state index contributed by atoms with van der Waals surface area (Å²) in [6.45, 7) is 11.9. The molecule has 0 bridgehead atoms. The van der Waals surface area contributed by atoms with Gasteiger partial charge in [-0.1, -0.05) is 337 Å². The summed E-state index contributed by atoms with van der Waals surface area (Å²) in [7, 11) is -9.91. The number of carbonyl (C=O) groups excluding carboxylic acids is 4. The van der Waals surface area contributed by atoms with E-state index in [1.54, 1.807) is 0 Å². The minimum Gasteiger partial charge on any atom is -0.462 e. The van der Waals surface area contributed by atoms with Crippen molar-refractivity contribution in [2.45, 2.75) is 407 Å². The van der Waals surface area contributed by atoms with Gasteiger partial charge in [0.15, 0.2) is 12.2 Å². The fourth-order valence-electron chi connectivity index (χ4n) is 11.6. The predicted octanol–water partition coefficient (Wildman–Crippen LogP) is 22.2. The second kappa shape index (κ2) is 66.6. The maximum atomic E-state index is 13.1. The summed E-state index contributed by atoms with van der Waals surface area (Å²) in [5.41, 5.74) is 0. The monoisotopic (exact) mass is 1400 g/mol. The number of carbonyl (C=O) groups is 4. The average molecular weight is 1400 g/mol. The van der Waals surface area contributed by atoms with Gasteiger partial charge in [-0.05, 0) is 43.4 Å². The Morgan fingerprint density at radius 3 is 0.716 bits per heavy atom. The van der Waals surface area contributed by atoms with Crippen molar-refractivity contribution in [2.75, 3.05) is 39.6 Å². The first kappa shape index (κ1) is 93.1. The Morgan fingerprint density at radius 2 is 0.484 bits per heavy atom. The van der Waals surface area contributed by atoms with Gasteiger partial charge in [-0.2, -0.15) is 0 Å². The van der Waals surface area contributed by atoms with Crippen LogP contribution in [-0.2, 0) is 65.4 Å². The number of aliphatic hydroxyl groups is 1. The van der Waals surface area contributed by atoms with Gasteiger partial charge in [-0.25, -0.2) is 9.13 Å². The highest BCUT2D eigenvalue weighted by molar-refractivity contribution is 7.47. The molecule has 0 aliphatic rings. The molecule has 0 aromatic carbocycles. The zero-order valence-corrected chi connectivity index (χ0v) is 63.9. The molecule has 564 valence electrons. The van der Waals surface area contributed by atoms with Crippen LogP contribution in [0.15, 0.2) is 0 Å². The summed E-state index contributed by atoms with van der Waals surface area (Å²) in [5, 5.41) is 10.6. The molecule has 95 heavy (non-hydrogen) atoms. The molecular weight excluding hydrogens is 1250 g/mol. The minimum atomic E-state index is -4.96. The maximum absolute atomic E-state index is 13.1. The van der Waals surface area contributed by atoms with E-state index in [-0.39, 0.29) is 25.7 Å². The highest BCUT2D eigenvalue weighted by Crippen LogP contribution is 2.45. The van der Waals surface area contributed by atoms with E-state index < -0.39 is 97.5 Å². The van der Waals surface area contributed by atoms with Gasteiger partial charge in [0.05, 0.1) is 26.4 Å². The molecule has 0 aromatic heterocycles. The third-order valence-electron chi connectivity index (χ3n) is 17.6. The summed E-state index contributed by atoms with van der Waals surface area (Å²) in [5.74, 6) is 0.161. The Balaban J connectivity index is 5.22. The Labute approximate surface area is 581 Å². The molecule has 0 saturated carbocycles. The molecule has 0 spiro atoms. The number of aliphatic hydroxyl groups excluding tert-OH is 1. The molecule has 17 nitrogen and oxygen atoms in total. The molecular formula is C76H148O17P2. The van der Waals surface area contributed by atoms with Crippen LogP contribution in [0.3, 0.4) is 0 Å². The van der Waals surface area contributed by atoms with Crippen molar-refractivity contribution in [1.29, 1.82) is 0 Å².